The highest BCUT2D eigenvalue weighted by atomic mass is 35.5. The molecule has 4 aromatic rings. The molecule has 0 fully saturated rings. The molecule has 21 heteroatoms. The summed E-state index contributed by atoms with van der Waals surface area (Å²) in [5.74, 6) is -3.18. The molecule has 15 nitrogen and oxygen atoms in total. The maximum atomic E-state index is 13.5. The molecule has 0 aliphatic heterocycles. The molecule has 4 rings (SSSR count). The molecule has 0 saturated carbocycles. The van der Waals surface area contributed by atoms with E-state index in [2.05, 4.69) is 0 Å². The second kappa shape index (κ2) is 12.9. The predicted molar refractivity (Wildman–Crippen MR) is 165 cm³/mol. The summed E-state index contributed by atoms with van der Waals surface area (Å²) in [6, 6.07) is 9.49. The monoisotopic (exact) mass is 778 g/mol. The minimum absolute atomic E-state index is 0.272. The highest BCUT2D eigenvalue weighted by Crippen LogP contribution is 2.29. The minimum atomic E-state index is -5.08. The molecule has 0 atom stereocenters. The molecule has 0 spiro atoms. The Morgan fingerprint density at radius 2 is 0.667 bits per heavy atom. The molecule has 0 saturated heterocycles. The second-order valence-corrected chi connectivity index (χ2v) is 16.2. The number of rotatable bonds is 10. The van der Waals surface area contributed by atoms with Crippen molar-refractivity contribution >= 4 is 81.0 Å². The van der Waals surface area contributed by atoms with Gasteiger partial charge >= 0.3 is 0 Å². The Kier molecular flexibility index (Phi) is 9.89. The summed E-state index contributed by atoms with van der Waals surface area (Å²) < 4.78 is 131. The highest BCUT2D eigenvalue weighted by molar-refractivity contribution is 7.87. The first-order valence-corrected chi connectivity index (χ1v) is 18.8. The summed E-state index contributed by atoms with van der Waals surface area (Å²) in [7, 11) is -20.3. The number of carbonyl (C=O) groups excluding carboxylic acids is 3. The first kappa shape index (κ1) is 36.9. The molecule has 4 aromatic carbocycles. The van der Waals surface area contributed by atoms with E-state index in [1.807, 2.05) is 0 Å². The Morgan fingerprint density at radius 1 is 0.396 bits per heavy atom. The van der Waals surface area contributed by atoms with Gasteiger partial charge in [-0.1, -0.05) is 23.2 Å². The van der Waals surface area contributed by atoms with Crippen molar-refractivity contribution in [3.63, 3.8) is 0 Å². The Labute approximate surface area is 281 Å². The first-order chi connectivity index (χ1) is 21.9. The molecule has 0 bridgehead atoms. The van der Waals surface area contributed by atoms with Gasteiger partial charge < -0.3 is 0 Å². The average Bonchev–Trinajstić information content (AvgIpc) is 2.98. The molecule has 252 valence electrons. The molecule has 0 radical (unpaired) electrons. The summed E-state index contributed by atoms with van der Waals surface area (Å²) >= 11 is 12.3. The van der Waals surface area contributed by atoms with E-state index in [0.717, 1.165) is 36.4 Å². The van der Waals surface area contributed by atoms with Crippen molar-refractivity contribution in [3.05, 3.63) is 116 Å². The normalized spacial score (nSPS) is 12.5. The molecule has 0 aromatic heterocycles. The lowest BCUT2D eigenvalue weighted by Crippen LogP contribution is -2.11. The quantitative estimate of drug-likeness (QED) is 0.132. The molecule has 0 unspecified atom stereocenters. The number of benzene rings is 4. The van der Waals surface area contributed by atoms with Crippen molar-refractivity contribution in [3.8, 4) is 0 Å². The van der Waals surface area contributed by atoms with E-state index >= 15 is 0 Å². The Balaban J connectivity index is 1.80. The topological polar surface area (TPSA) is 269 Å². The van der Waals surface area contributed by atoms with Gasteiger partial charge in [0.15, 0.2) is 17.3 Å². The van der Waals surface area contributed by atoms with Gasteiger partial charge in [0.1, 0.15) is 0 Å². The van der Waals surface area contributed by atoms with Crippen molar-refractivity contribution in [2.75, 3.05) is 0 Å². The van der Waals surface area contributed by atoms with Gasteiger partial charge in [-0.2, -0.15) is 33.7 Å². The summed E-state index contributed by atoms with van der Waals surface area (Å²) in [6.45, 7) is 0. The lowest BCUT2D eigenvalue weighted by atomic mass is 9.95. The SMILES string of the molecule is O=C(c1ccc(Cl)c(C(=O)c2cc(S(=O)(=O)O)cc(S(=O)(=O)O)c2)c1)c1ccc(Cl)c(C(=O)c2cc(S(=O)(=O)O)cc(S(=O)(=O)O)c2)c1. The average molecular weight is 780 g/mol. The van der Waals surface area contributed by atoms with Crippen molar-refractivity contribution < 1.29 is 66.3 Å². The van der Waals surface area contributed by atoms with Gasteiger partial charge in [0.25, 0.3) is 40.5 Å². The molecular weight excluding hydrogens is 763 g/mol. The van der Waals surface area contributed by atoms with E-state index in [1.54, 1.807) is 0 Å². The van der Waals surface area contributed by atoms with E-state index in [1.165, 1.54) is 0 Å². The Bertz CT molecular complexity index is 2250. The standard InChI is InChI=1S/C27H16Cl2O15S4/c28-23-3-1-13(9-21(23)26(31)15-5-17(45(33,34)35)11-18(6-15)46(36,37)38)25(30)14-2-4-24(29)22(10-14)27(32)16-7-19(47(39,40)41)12-20(8-16)48(42,43)44/h1-12H,(H,33,34,35)(H,36,37,38)(H,39,40,41)(H,42,43,44). The maximum absolute atomic E-state index is 13.5. The van der Waals surface area contributed by atoms with Crippen LogP contribution in [0.15, 0.2) is 92.4 Å². The van der Waals surface area contributed by atoms with Crippen LogP contribution in [0.3, 0.4) is 0 Å². The van der Waals surface area contributed by atoms with Crippen LogP contribution < -0.4 is 0 Å². The molecule has 0 aliphatic rings. The fourth-order valence-corrected chi connectivity index (χ4v) is 6.92. The van der Waals surface area contributed by atoms with Gasteiger partial charge in [-0.25, -0.2) is 0 Å². The van der Waals surface area contributed by atoms with Gasteiger partial charge in [-0.05, 0) is 72.8 Å². The number of hydrogen-bond donors (Lipinski definition) is 4. The zero-order valence-electron chi connectivity index (χ0n) is 23.1. The van der Waals surface area contributed by atoms with Crippen molar-refractivity contribution in [2.45, 2.75) is 19.6 Å². The van der Waals surface area contributed by atoms with E-state index in [4.69, 9.17) is 23.2 Å². The largest absolute Gasteiger partial charge is 0.294 e. The van der Waals surface area contributed by atoms with Crippen LogP contribution in [0.25, 0.3) is 0 Å². The molecule has 0 amide bonds. The molecule has 4 N–H and O–H groups in total. The van der Waals surface area contributed by atoms with Crippen LogP contribution in [0.2, 0.25) is 10.0 Å². The number of hydrogen-bond acceptors (Lipinski definition) is 11. The van der Waals surface area contributed by atoms with Crippen molar-refractivity contribution in [2.24, 2.45) is 0 Å². The maximum Gasteiger partial charge on any atom is 0.294 e. The van der Waals surface area contributed by atoms with Crippen LogP contribution in [0.5, 0.6) is 0 Å². The van der Waals surface area contributed by atoms with Crippen LogP contribution >= 0.6 is 23.2 Å². The summed E-state index contributed by atoms with van der Waals surface area (Å²) in [5, 5.41) is -0.606. The van der Waals surface area contributed by atoms with Crippen LogP contribution in [0, 0.1) is 0 Å². The van der Waals surface area contributed by atoms with E-state index in [-0.39, 0.29) is 21.2 Å². The van der Waals surface area contributed by atoms with Crippen LogP contribution in [0.1, 0.15) is 47.8 Å². The molecule has 48 heavy (non-hydrogen) atoms. The third kappa shape index (κ3) is 8.04. The van der Waals surface area contributed by atoms with Gasteiger partial charge in [-0.3, -0.25) is 32.6 Å². The van der Waals surface area contributed by atoms with Gasteiger partial charge in [0.2, 0.25) is 0 Å². The zero-order chi connectivity index (χ0) is 36.1. The highest BCUT2D eigenvalue weighted by Gasteiger charge is 2.26. The summed E-state index contributed by atoms with van der Waals surface area (Å²) in [6.07, 6.45) is 0. The van der Waals surface area contributed by atoms with E-state index in [0.29, 0.717) is 36.4 Å². The third-order valence-corrected chi connectivity index (χ3v) is 10.4. The van der Waals surface area contributed by atoms with Crippen LogP contribution in [-0.4, -0.2) is 69.2 Å². The molecule has 0 heterocycles. The fourth-order valence-electron chi connectivity index (χ4n) is 4.16. The van der Waals surface area contributed by atoms with Gasteiger partial charge in [-0.15, -0.1) is 0 Å². The van der Waals surface area contributed by atoms with E-state index in [9.17, 15) is 66.3 Å². The smallest absolute Gasteiger partial charge is 0.289 e. The molecular formula is C27H16Cl2O15S4. The number of halogens is 2. The van der Waals surface area contributed by atoms with Crippen molar-refractivity contribution in [1.29, 1.82) is 0 Å². The van der Waals surface area contributed by atoms with Crippen LogP contribution in [0.4, 0.5) is 0 Å². The third-order valence-electron chi connectivity index (χ3n) is 6.42. The van der Waals surface area contributed by atoms with Gasteiger partial charge in [0.05, 0.1) is 29.6 Å². The zero-order valence-corrected chi connectivity index (χ0v) is 27.9. The van der Waals surface area contributed by atoms with Crippen molar-refractivity contribution in [1.82, 2.24) is 0 Å². The van der Waals surface area contributed by atoms with E-state index < -0.39 is 99.7 Å². The minimum Gasteiger partial charge on any atom is -0.289 e. The lowest BCUT2D eigenvalue weighted by Gasteiger charge is -2.11. The Morgan fingerprint density at radius 3 is 0.917 bits per heavy atom. The number of carbonyl (C=O) groups is 3. The Hall–Kier alpha value is -3.89. The summed E-state index contributed by atoms with van der Waals surface area (Å²) in [5.41, 5.74) is -2.85. The second-order valence-electron chi connectivity index (χ2n) is 9.66. The predicted octanol–water partition coefficient (Wildman–Crippen LogP) is 3.67. The fraction of sp³-hybridized carbons (Fsp3) is 0. The lowest BCUT2D eigenvalue weighted by molar-refractivity contribution is 0.103. The first-order valence-electron chi connectivity index (χ1n) is 12.3. The number of ketones is 3. The van der Waals surface area contributed by atoms with Crippen LogP contribution in [-0.2, 0) is 40.5 Å². The summed E-state index contributed by atoms with van der Waals surface area (Å²) in [4.78, 5) is 35.9. The molecule has 0 aliphatic carbocycles. The van der Waals surface area contributed by atoms with Gasteiger partial charge in [0, 0.05) is 33.4 Å².